The van der Waals surface area contributed by atoms with Crippen molar-refractivity contribution in [1.29, 1.82) is 0 Å². The molecule has 0 saturated carbocycles. The topological polar surface area (TPSA) is 70.2 Å². The van der Waals surface area contributed by atoms with Crippen LogP contribution in [0.5, 0.6) is 0 Å². The lowest BCUT2D eigenvalue weighted by molar-refractivity contribution is 0.102. The number of carbonyl (C=O) groups is 1. The molecule has 2 N–H and O–H groups in total. The van der Waals surface area contributed by atoms with Gasteiger partial charge in [-0.15, -0.1) is 11.3 Å². The van der Waals surface area contributed by atoms with Gasteiger partial charge < -0.3 is 15.5 Å². The van der Waals surface area contributed by atoms with Gasteiger partial charge in [0.25, 0.3) is 5.91 Å². The van der Waals surface area contributed by atoms with Gasteiger partial charge in [0.2, 0.25) is 0 Å². The van der Waals surface area contributed by atoms with E-state index < -0.39 is 0 Å². The Kier molecular flexibility index (Phi) is 6.49. The van der Waals surface area contributed by atoms with Gasteiger partial charge in [-0.25, -0.2) is 4.98 Å². The van der Waals surface area contributed by atoms with Crippen LogP contribution in [0, 0.1) is 0 Å². The first kappa shape index (κ1) is 19.5. The number of hydrogen-bond donors (Lipinski definition) is 2. The molecule has 1 fully saturated rings. The molecule has 1 saturated heterocycles. The van der Waals surface area contributed by atoms with Crippen molar-refractivity contribution in [3.63, 3.8) is 0 Å². The predicted molar refractivity (Wildman–Crippen MR) is 118 cm³/mol. The maximum absolute atomic E-state index is 12.2. The summed E-state index contributed by atoms with van der Waals surface area (Å²) in [6.07, 6.45) is 7.93. The van der Waals surface area contributed by atoms with Gasteiger partial charge in [-0.05, 0) is 55.0 Å². The van der Waals surface area contributed by atoms with Crippen LogP contribution in [0.25, 0.3) is 0 Å². The zero-order chi connectivity index (χ0) is 19.9. The van der Waals surface area contributed by atoms with Crippen LogP contribution in [0.3, 0.4) is 0 Å². The van der Waals surface area contributed by atoms with E-state index in [1.165, 1.54) is 23.0 Å². The van der Waals surface area contributed by atoms with Crippen LogP contribution in [-0.2, 0) is 6.42 Å². The number of thiophene rings is 1. The van der Waals surface area contributed by atoms with Gasteiger partial charge in [-0.3, -0.25) is 9.78 Å². The Morgan fingerprint density at radius 1 is 1.14 bits per heavy atom. The average Bonchev–Trinajstić information content (AvgIpc) is 3.29. The highest BCUT2D eigenvalue weighted by Gasteiger charge is 2.19. The standard InChI is InChI=1S/C22H25N5OS/c28-22(21-16-23-11-12-25-21)26-18-3-5-19(6-4-18)27-13-8-17(9-14-27)24-10-7-20-2-1-15-29-20/h1-6,11-12,15-17,24H,7-10,13-14H2,(H,26,28). The van der Waals surface area contributed by atoms with Crippen molar-refractivity contribution in [3.05, 3.63) is 70.9 Å². The van der Waals surface area contributed by atoms with Gasteiger partial charge in [0, 0.05) is 54.3 Å². The third-order valence-electron chi connectivity index (χ3n) is 5.17. The minimum absolute atomic E-state index is 0.250. The molecule has 1 aromatic carbocycles. The first-order valence-corrected chi connectivity index (χ1v) is 10.8. The Hall–Kier alpha value is -2.77. The summed E-state index contributed by atoms with van der Waals surface area (Å²) in [5.74, 6) is -0.250. The molecule has 0 spiro atoms. The van der Waals surface area contributed by atoms with Crippen molar-refractivity contribution in [2.24, 2.45) is 0 Å². The SMILES string of the molecule is O=C(Nc1ccc(N2CCC(NCCc3cccs3)CC2)cc1)c1cnccn1. The molecule has 3 aromatic rings. The van der Waals surface area contributed by atoms with Gasteiger partial charge in [0.1, 0.15) is 5.69 Å². The quantitative estimate of drug-likeness (QED) is 0.626. The van der Waals surface area contributed by atoms with Gasteiger partial charge in [0.15, 0.2) is 0 Å². The number of amides is 1. The molecule has 0 atom stereocenters. The zero-order valence-corrected chi connectivity index (χ0v) is 17.1. The summed E-state index contributed by atoms with van der Waals surface area (Å²) in [5.41, 5.74) is 2.26. The summed E-state index contributed by atoms with van der Waals surface area (Å²) < 4.78 is 0. The number of hydrogen-bond acceptors (Lipinski definition) is 6. The van der Waals surface area contributed by atoms with E-state index in [2.05, 4.69) is 55.1 Å². The van der Waals surface area contributed by atoms with E-state index in [0.29, 0.717) is 11.7 Å². The van der Waals surface area contributed by atoms with Crippen LogP contribution < -0.4 is 15.5 Å². The first-order chi connectivity index (χ1) is 14.3. The number of anilines is 2. The van der Waals surface area contributed by atoms with E-state index in [9.17, 15) is 4.79 Å². The molecule has 2 aromatic heterocycles. The van der Waals surface area contributed by atoms with Crippen molar-refractivity contribution < 1.29 is 4.79 Å². The van der Waals surface area contributed by atoms with Gasteiger partial charge in [-0.2, -0.15) is 0 Å². The summed E-state index contributed by atoms with van der Waals surface area (Å²) in [4.78, 5) is 24.0. The van der Waals surface area contributed by atoms with Crippen molar-refractivity contribution in [3.8, 4) is 0 Å². The Morgan fingerprint density at radius 2 is 1.97 bits per heavy atom. The molecular formula is C22H25N5OS. The Balaban J connectivity index is 1.23. The number of carbonyl (C=O) groups excluding carboxylic acids is 1. The molecule has 0 unspecified atom stereocenters. The average molecular weight is 408 g/mol. The normalized spacial score (nSPS) is 14.7. The molecule has 0 aliphatic carbocycles. The van der Waals surface area contributed by atoms with Gasteiger partial charge in [-0.1, -0.05) is 6.07 Å². The van der Waals surface area contributed by atoms with Crippen LogP contribution in [0.15, 0.2) is 60.4 Å². The van der Waals surface area contributed by atoms with Crippen LogP contribution in [-0.4, -0.2) is 41.6 Å². The molecule has 0 bridgehead atoms. The van der Waals surface area contributed by atoms with Crippen molar-refractivity contribution in [1.82, 2.24) is 15.3 Å². The summed E-state index contributed by atoms with van der Waals surface area (Å²) >= 11 is 1.83. The van der Waals surface area contributed by atoms with Crippen LogP contribution >= 0.6 is 11.3 Å². The summed E-state index contributed by atoms with van der Waals surface area (Å²) in [6.45, 7) is 3.13. The molecule has 1 aliphatic heterocycles. The highest BCUT2D eigenvalue weighted by molar-refractivity contribution is 7.09. The van der Waals surface area contributed by atoms with Gasteiger partial charge in [0.05, 0.1) is 6.20 Å². The van der Waals surface area contributed by atoms with Crippen molar-refractivity contribution in [2.45, 2.75) is 25.3 Å². The molecule has 3 heterocycles. The molecule has 7 heteroatoms. The Bertz CT molecular complexity index is 891. The highest BCUT2D eigenvalue weighted by Crippen LogP contribution is 2.22. The third kappa shape index (κ3) is 5.40. The molecule has 1 aliphatic rings. The van der Waals surface area contributed by atoms with Crippen molar-refractivity contribution in [2.75, 3.05) is 29.9 Å². The molecule has 150 valence electrons. The monoisotopic (exact) mass is 407 g/mol. The Labute approximate surface area is 175 Å². The lowest BCUT2D eigenvalue weighted by atomic mass is 10.0. The fraction of sp³-hybridized carbons (Fsp3) is 0.318. The fourth-order valence-electron chi connectivity index (χ4n) is 3.56. The molecule has 0 radical (unpaired) electrons. The number of rotatable bonds is 7. The molecular weight excluding hydrogens is 382 g/mol. The minimum atomic E-state index is -0.250. The van der Waals surface area contributed by atoms with E-state index in [1.54, 1.807) is 6.20 Å². The number of piperidine rings is 1. The highest BCUT2D eigenvalue weighted by atomic mass is 32.1. The second-order valence-corrected chi connectivity index (χ2v) is 8.17. The lowest BCUT2D eigenvalue weighted by Crippen LogP contribution is -2.43. The maximum Gasteiger partial charge on any atom is 0.275 e. The number of nitrogens with one attached hydrogen (secondary N) is 2. The largest absolute Gasteiger partial charge is 0.371 e. The number of nitrogens with zero attached hydrogens (tertiary/aromatic N) is 3. The Morgan fingerprint density at radius 3 is 2.66 bits per heavy atom. The lowest BCUT2D eigenvalue weighted by Gasteiger charge is -2.34. The van der Waals surface area contributed by atoms with E-state index in [0.717, 1.165) is 44.6 Å². The summed E-state index contributed by atoms with van der Waals surface area (Å²) in [5, 5.41) is 8.70. The second-order valence-electron chi connectivity index (χ2n) is 7.14. The van der Waals surface area contributed by atoms with E-state index in [1.807, 2.05) is 23.5 Å². The zero-order valence-electron chi connectivity index (χ0n) is 16.3. The molecule has 1 amide bonds. The number of aromatic nitrogens is 2. The number of benzene rings is 1. The van der Waals surface area contributed by atoms with Crippen LogP contribution in [0.1, 0.15) is 28.2 Å². The molecule has 4 rings (SSSR count). The molecule has 6 nitrogen and oxygen atoms in total. The van der Waals surface area contributed by atoms with E-state index in [-0.39, 0.29) is 5.91 Å². The predicted octanol–water partition coefficient (Wildman–Crippen LogP) is 3.59. The van der Waals surface area contributed by atoms with E-state index in [4.69, 9.17) is 0 Å². The molecule has 29 heavy (non-hydrogen) atoms. The van der Waals surface area contributed by atoms with Gasteiger partial charge >= 0.3 is 0 Å². The maximum atomic E-state index is 12.2. The van der Waals surface area contributed by atoms with E-state index >= 15 is 0 Å². The van der Waals surface area contributed by atoms with Crippen LogP contribution in [0.2, 0.25) is 0 Å². The van der Waals surface area contributed by atoms with Crippen LogP contribution in [0.4, 0.5) is 11.4 Å². The summed E-state index contributed by atoms with van der Waals surface area (Å²) in [7, 11) is 0. The fourth-order valence-corrected chi connectivity index (χ4v) is 4.27. The minimum Gasteiger partial charge on any atom is -0.371 e. The first-order valence-electron chi connectivity index (χ1n) is 9.96. The van der Waals surface area contributed by atoms with Crippen molar-refractivity contribution >= 4 is 28.6 Å². The third-order valence-corrected chi connectivity index (χ3v) is 6.10. The summed E-state index contributed by atoms with van der Waals surface area (Å²) in [6, 6.07) is 12.9. The smallest absolute Gasteiger partial charge is 0.275 e. The second kappa shape index (κ2) is 9.62.